The zero-order valence-electron chi connectivity index (χ0n) is 12.5. The summed E-state index contributed by atoms with van der Waals surface area (Å²) in [4.78, 5) is 0. The quantitative estimate of drug-likeness (QED) is 0.364. The predicted molar refractivity (Wildman–Crippen MR) is 80.4 cm³/mol. The zero-order chi connectivity index (χ0) is 13.5. The molecule has 0 rings (SSSR count). The fourth-order valence-corrected chi connectivity index (χ4v) is 1.90. The summed E-state index contributed by atoms with van der Waals surface area (Å²) in [5.41, 5.74) is 0. The smallest absolute Gasteiger partial charge is 0.115 e. The normalized spacial score (nSPS) is 11.9. The Labute approximate surface area is 115 Å². The van der Waals surface area contributed by atoms with Crippen LogP contribution in [0.15, 0.2) is 0 Å². The Kier molecular flexibility index (Phi) is 14.2. The van der Waals surface area contributed by atoms with E-state index in [1.807, 2.05) is 6.92 Å². The summed E-state index contributed by atoms with van der Waals surface area (Å²) in [7, 11) is 1.70. The highest BCUT2D eigenvalue weighted by Crippen LogP contribution is 2.10. The second-order valence-corrected chi connectivity index (χ2v) is 4.98. The molecule has 1 unspecified atom stereocenters. The summed E-state index contributed by atoms with van der Waals surface area (Å²) >= 11 is 0. The third-order valence-electron chi connectivity index (χ3n) is 3.21. The Bertz CT molecular complexity index is 211. The van der Waals surface area contributed by atoms with Crippen LogP contribution in [0.5, 0.6) is 0 Å². The first-order chi connectivity index (χ1) is 8.81. The molecule has 0 fully saturated rings. The van der Waals surface area contributed by atoms with Crippen molar-refractivity contribution in [1.82, 2.24) is 0 Å². The third kappa shape index (κ3) is 13.6. The van der Waals surface area contributed by atoms with Crippen LogP contribution in [0.1, 0.15) is 77.6 Å². The Morgan fingerprint density at radius 1 is 0.889 bits per heavy atom. The first-order valence-electron chi connectivity index (χ1n) is 7.61. The van der Waals surface area contributed by atoms with E-state index in [0.717, 1.165) is 12.8 Å². The molecule has 1 radical (unpaired) electrons. The summed E-state index contributed by atoms with van der Waals surface area (Å²) < 4.78 is 5.07. The van der Waals surface area contributed by atoms with Crippen molar-refractivity contribution in [1.29, 1.82) is 0 Å². The van der Waals surface area contributed by atoms with Gasteiger partial charge < -0.3 is 4.74 Å². The molecule has 0 saturated carbocycles. The van der Waals surface area contributed by atoms with Crippen molar-refractivity contribution < 1.29 is 4.74 Å². The zero-order valence-corrected chi connectivity index (χ0v) is 12.5. The lowest BCUT2D eigenvalue weighted by Crippen LogP contribution is -1.99. The SMILES string of the molecule is [CH2]CCCCCCCCCCCC#CC(C)OC. The molecule has 1 nitrogen and oxygen atoms in total. The fourth-order valence-electron chi connectivity index (χ4n) is 1.90. The van der Waals surface area contributed by atoms with Crippen molar-refractivity contribution in [3.05, 3.63) is 6.92 Å². The van der Waals surface area contributed by atoms with E-state index < -0.39 is 0 Å². The second kappa shape index (κ2) is 14.6. The van der Waals surface area contributed by atoms with Gasteiger partial charge in [0.05, 0.1) is 0 Å². The van der Waals surface area contributed by atoms with Crippen molar-refractivity contribution in [2.75, 3.05) is 7.11 Å². The molecular weight excluding hydrogens is 220 g/mol. The first kappa shape index (κ1) is 17.5. The number of rotatable bonds is 11. The summed E-state index contributed by atoms with van der Waals surface area (Å²) in [6.45, 7) is 5.85. The lowest BCUT2D eigenvalue weighted by atomic mass is 10.1. The lowest BCUT2D eigenvalue weighted by molar-refractivity contribution is 0.163. The molecule has 0 spiro atoms. The Morgan fingerprint density at radius 3 is 1.89 bits per heavy atom. The van der Waals surface area contributed by atoms with E-state index in [-0.39, 0.29) is 6.10 Å². The molecular formula is C17H31O. The molecule has 0 bridgehead atoms. The van der Waals surface area contributed by atoms with Crippen LogP contribution in [0.25, 0.3) is 0 Å². The summed E-state index contributed by atoms with van der Waals surface area (Å²) in [5, 5.41) is 0. The van der Waals surface area contributed by atoms with Crippen molar-refractivity contribution in [3.8, 4) is 11.8 Å². The van der Waals surface area contributed by atoms with Gasteiger partial charge in [-0.3, -0.25) is 0 Å². The maximum absolute atomic E-state index is 5.07. The number of hydrogen-bond donors (Lipinski definition) is 0. The molecule has 0 amide bonds. The van der Waals surface area contributed by atoms with E-state index in [9.17, 15) is 0 Å². The van der Waals surface area contributed by atoms with Gasteiger partial charge in [-0.25, -0.2) is 0 Å². The van der Waals surface area contributed by atoms with Gasteiger partial charge in [-0.05, 0) is 13.3 Å². The van der Waals surface area contributed by atoms with Crippen molar-refractivity contribution in [2.24, 2.45) is 0 Å². The average molecular weight is 251 g/mol. The molecule has 0 heterocycles. The molecule has 0 saturated heterocycles. The topological polar surface area (TPSA) is 9.23 Å². The third-order valence-corrected chi connectivity index (χ3v) is 3.21. The Hall–Kier alpha value is -0.480. The van der Waals surface area contributed by atoms with E-state index in [4.69, 9.17) is 4.74 Å². The largest absolute Gasteiger partial charge is 0.369 e. The van der Waals surface area contributed by atoms with Crippen molar-refractivity contribution in [2.45, 2.75) is 83.7 Å². The van der Waals surface area contributed by atoms with E-state index in [1.54, 1.807) is 7.11 Å². The van der Waals surface area contributed by atoms with Crippen LogP contribution in [0.2, 0.25) is 0 Å². The highest BCUT2D eigenvalue weighted by atomic mass is 16.5. The molecule has 105 valence electrons. The number of methoxy groups -OCH3 is 1. The van der Waals surface area contributed by atoms with Gasteiger partial charge in [0.1, 0.15) is 6.10 Å². The van der Waals surface area contributed by atoms with Gasteiger partial charge in [0.2, 0.25) is 0 Å². The lowest BCUT2D eigenvalue weighted by Gasteiger charge is -2.01. The molecule has 1 atom stereocenters. The highest BCUT2D eigenvalue weighted by molar-refractivity contribution is 5.03. The summed E-state index contributed by atoms with van der Waals surface area (Å²) in [6.07, 6.45) is 14.4. The van der Waals surface area contributed by atoms with E-state index in [2.05, 4.69) is 18.8 Å². The minimum Gasteiger partial charge on any atom is -0.369 e. The van der Waals surface area contributed by atoms with Gasteiger partial charge >= 0.3 is 0 Å². The highest BCUT2D eigenvalue weighted by Gasteiger charge is 1.92. The summed E-state index contributed by atoms with van der Waals surface area (Å²) in [5.74, 6) is 6.27. The van der Waals surface area contributed by atoms with Gasteiger partial charge in [0.25, 0.3) is 0 Å². The number of unbranched alkanes of at least 4 members (excludes halogenated alkanes) is 10. The molecule has 0 aromatic rings. The van der Waals surface area contributed by atoms with E-state index in [0.29, 0.717) is 0 Å². The fraction of sp³-hybridized carbons (Fsp3) is 0.824. The molecule has 0 aromatic carbocycles. The van der Waals surface area contributed by atoms with Crippen LogP contribution in [0, 0.1) is 18.8 Å². The van der Waals surface area contributed by atoms with Gasteiger partial charge in [-0.15, -0.1) is 5.92 Å². The molecule has 0 aliphatic carbocycles. The monoisotopic (exact) mass is 251 g/mol. The molecule has 0 aliphatic heterocycles. The molecule has 0 N–H and O–H groups in total. The van der Waals surface area contributed by atoms with Crippen LogP contribution < -0.4 is 0 Å². The Morgan fingerprint density at radius 2 is 1.39 bits per heavy atom. The van der Waals surface area contributed by atoms with Gasteiger partial charge in [0.15, 0.2) is 0 Å². The van der Waals surface area contributed by atoms with Crippen LogP contribution >= 0.6 is 0 Å². The Balaban J connectivity index is 3.09. The van der Waals surface area contributed by atoms with E-state index >= 15 is 0 Å². The predicted octanol–water partition coefficient (Wildman–Crippen LogP) is 5.15. The van der Waals surface area contributed by atoms with Crippen LogP contribution in [0.4, 0.5) is 0 Å². The standard InChI is InChI=1S/C17H31O/c1-4-5-6-7-8-9-10-11-12-13-14-15-16-17(2)18-3/h17H,1,4-14H2,2-3H3. The van der Waals surface area contributed by atoms with Gasteiger partial charge in [-0.1, -0.05) is 70.6 Å². The van der Waals surface area contributed by atoms with Crippen molar-refractivity contribution >= 4 is 0 Å². The molecule has 0 aliphatic rings. The van der Waals surface area contributed by atoms with E-state index in [1.165, 1.54) is 57.8 Å². The molecule has 0 aromatic heterocycles. The van der Waals surface area contributed by atoms with Crippen LogP contribution in [-0.4, -0.2) is 13.2 Å². The second-order valence-electron chi connectivity index (χ2n) is 4.98. The molecule has 18 heavy (non-hydrogen) atoms. The maximum Gasteiger partial charge on any atom is 0.115 e. The molecule has 1 heteroatoms. The summed E-state index contributed by atoms with van der Waals surface area (Å²) in [6, 6.07) is 0. The number of hydrogen-bond acceptors (Lipinski definition) is 1. The van der Waals surface area contributed by atoms with Crippen molar-refractivity contribution in [3.63, 3.8) is 0 Å². The minimum atomic E-state index is 0.0864. The van der Waals surface area contributed by atoms with Crippen LogP contribution in [0.3, 0.4) is 0 Å². The average Bonchev–Trinajstić information content (AvgIpc) is 2.39. The van der Waals surface area contributed by atoms with Crippen LogP contribution in [-0.2, 0) is 4.74 Å². The minimum absolute atomic E-state index is 0.0864. The van der Waals surface area contributed by atoms with Gasteiger partial charge in [0, 0.05) is 13.5 Å². The van der Waals surface area contributed by atoms with Gasteiger partial charge in [-0.2, -0.15) is 0 Å². The number of ether oxygens (including phenoxy) is 1. The first-order valence-corrected chi connectivity index (χ1v) is 7.61. The maximum atomic E-state index is 5.07.